The summed E-state index contributed by atoms with van der Waals surface area (Å²) < 4.78 is 0. The minimum absolute atomic E-state index is 0.0673. The zero-order valence-electron chi connectivity index (χ0n) is 8.73. The largest absolute Gasteiger partial charge is 0.396 e. The lowest BCUT2D eigenvalue weighted by atomic mass is 9.94. The molecule has 2 rings (SSSR count). The van der Waals surface area contributed by atoms with E-state index in [1.807, 2.05) is 30.3 Å². The van der Waals surface area contributed by atoms with E-state index in [1.165, 1.54) is 0 Å². The molecule has 0 aromatic heterocycles. The summed E-state index contributed by atoms with van der Waals surface area (Å²) in [6.07, 6.45) is 0. The summed E-state index contributed by atoms with van der Waals surface area (Å²) in [4.78, 5) is 0. The summed E-state index contributed by atoms with van der Waals surface area (Å²) in [6, 6.07) is 11.4. The average Bonchev–Trinajstić information content (AvgIpc) is 2.34. The Labute approximate surface area is 99.1 Å². The van der Waals surface area contributed by atoms with Gasteiger partial charge in [-0.15, -0.1) is 0 Å². The van der Waals surface area contributed by atoms with Crippen molar-refractivity contribution in [2.45, 2.75) is 5.92 Å². The number of aliphatic hydroxyl groups excluding tert-OH is 2. The quantitative estimate of drug-likeness (QED) is 0.860. The third kappa shape index (κ3) is 1.92. The fraction of sp³-hybridized carbons (Fsp3) is 0.231. The van der Waals surface area contributed by atoms with E-state index in [-0.39, 0.29) is 19.1 Å². The molecule has 0 spiro atoms. The van der Waals surface area contributed by atoms with E-state index < -0.39 is 0 Å². The monoisotopic (exact) mass is 236 g/mol. The second-order valence-electron chi connectivity index (χ2n) is 3.74. The number of fused-ring (bicyclic) bond motifs is 1. The molecule has 2 aromatic carbocycles. The molecule has 0 aliphatic rings. The van der Waals surface area contributed by atoms with Crippen LogP contribution in [0.25, 0.3) is 10.8 Å². The van der Waals surface area contributed by atoms with Gasteiger partial charge in [0.05, 0.1) is 13.2 Å². The van der Waals surface area contributed by atoms with Crippen molar-refractivity contribution in [1.82, 2.24) is 0 Å². The minimum atomic E-state index is -0.248. The van der Waals surface area contributed by atoms with Crippen LogP contribution in [0.4, 0.5) is 0 Å². The molecule has 0 bridgehead atoms. The van der Waals surface area contributed by atoms with E-state index in [0.717, 1.165) is 16.3 Å². The molecule has 0 saturated heterocycles. The van der Waals surface area contributed by atoms with E-state index >= 15 is 0 Å². The summed E-state index contributed by atoms with van der Waals surface area (Å²) in [5.41, 5.74) is 0.935. The molecule has 16 heavy (non-hydrogen) atoms. The van der Waals surface area contributed by atoms with Crippen molar-refractivity contribution in [1.29, 1.82) is 0 Å². The van der Waals surface area contributed by atoms with Crippen LogP contribution in [0.5, 0.6) is 0 Å². The van der Waals surface area contributed by atoms with Crippen LogP contribution in [0.2, 0.25) is 5.02 Å². The second kappa shape index (κ2) is 4.83. The first-order chi connectivity index (χ1) is 7.77. The first-order valence-corrected chi connectivity index (χ1v) is 5.54. The van der Waals surface area contributed by atoms with Gasteiger partial charge in [-0.3, -0.25) is 0 Å². The molecule has 2 aromatic rings. The summed E-state index contributed by atoms with van der Waals surface area (Å²) >= 11 is 6.10. The topological polar surface area (TPSA) is 40.5 Å². The Kier molecular flexibility index (Phi) is 3.44. The van der Waals surface area contributed by atoms with Gasteiger partial charge in [0.1, 0.15) is 0 Å². The third-order valence-electron chi connectivity index (χ3n) is 2.79. The van der Waals surface area contributed by atoms with Crippen molar-refractivity contribution < 1.29 is 10.2 Å². The summed E-state index contributed by atoms with van der Waals surface area (Å²) in [5, 5.41) is 21.1. The molecular weight excluding hydrogens is 224 g/mol. The van der Waals surface area contributed by atoms with Gasteiger partial charge in [-0.1, -0.05) is 41.9 Å². The minimum Gasteiger partial charge on any atom is -0.396 e. The maximum Gasteiger partial charge on any atom is 0.0522 e. The fourth-order valence-corrected chi connectivity index (χ4v) is 2.12. The number of hydrogen-bond acceptors (Lipinski definition) is 2. The molecule has 0 radical (unpaired) electrons. The zero-order valence-corrected chi connectivity index (χ0v) is 9.48. The van der Waals surface area contributed by atoms with Gasteiger partial charge in [0.15, 0.2) is 0 Å². The Bertz CT molecular complexity index is 492. The molecule has 0 aliphatic carbocycles. The highest BCUT2D eigenvalue weighted by Gasteiger charge is 2.13. The summed E-state index contributed by atoms with van der Waals surface area (Å²) in [6.45, 7) is -0.135. The SMILES string of the molecule is OCC(CO)c1ccc(Cl)c2ccccc12. The third-order valence-corrected chi connectivity index (χ3v) is 3.11. The fourth-order valence-electron chi connectivity index (χ4n) is 1.90. The van der Waals surface area contributed by atoms with Gasteiger partial charge in [0.25, 0.3) is 0 Å². The molecule has 0 fully saturated rings. The number of aliphatic hydroxyl groups is 2. The lowest BCUT2D eigenvalue weighted by Crippen LogP contribution is -2.09. The van der Waals surface area contributed by atoms with Crippen LogP contribution < -0.4 is 0 Å². The van der Waals surface area contributed by atoms with E-state index in [4.69, 9.17) is 11.6 Å². The van der Waals surface area contributed by atoms with Crippen molar-refractivity contribution in [3.63, 3.8) is 0 Å². The average molecular weight is 237 g/mol. The molecule has 84 valence electrons. The molecule has 0 unspecified atom stereocenters. The number of benzene rings is 2. The Morgan fingerprint density at radius 1 is 0.938 bits per heavy atom. The Balaban J connectivity index is 2.66. The van der Waals surface area contributed by atoms with Crippen molar-refractivity contribution in [2.24, 2.45) is 0 Å². The molecule has 3 heteroatoms. The van der Waals surface area contributed by atoms with Gasteiger partial charge in [0, 0.05) is 16.3 Å². The number of rotatable bonds is 3. The van der Waals surface area contributed by atoms with Crippen LogP contribution in [-0.2, 0) is 0 Å². The first kappa shape index (κ1) is 11.4. The highest BCUT2D eigenvalue weighted by Crippen LogP contribution is 2.30. The molecule has 0 aliphatic heterocycles. The van der Waals surface area contributed by atoms with Crippen LogP contribution >= 0.6 is 11.6 Å². The zero-order chi connectivity index (χ0) is 11.5. The molecule has 2 N–H and O–H groups in total. The van der Waals surface area contributed by atoms with Crippen LogP contribution in [0.15, 0.2) is 36.4 Å². The normalized spacial score (nSPS) is 11.2. The molecule has 0 saturated carbocycles. The lowest BCUT2D eigenvalue weighted by Gasteiger charge is -2.14. The maximum atomic E-state index is 9.22. The standard InChI is InChI=1S/C13H13ClO2/c14-13-6-5-10(9(7-15)8-16)11-3-1-2-4-12(11)13/h1-6,9,15-16H,7-8H2. The predicted molar refractivity (Wildman–Crippen MR) is 65.9 cm³/mol. The number of hydrogen-bond donors (Lipinski definition) is 2. The van der Waals surface area contributed by atoms with Crippen LogP contribution in [-0.4, -0.2) is 23.4 Å². The molecule has 0 atom stereocenters. The van der Waals surface area contributed by atoms with Gasteiger partial charge in [-0.25, -0.2) is 0 Å². The molecule has 0 heterocycles. The van der Waals surface area contributed by atoms with Gasteiger partial charge >= 0.3 is 0 Å². The van der Waals surface area contributed by atoms with Gasteiger partial charge < -0.3 is 10.2 Å². The number of halogens is 1. The molecular formula is C13H13ClO2. The highest BCUT2D eigenvalue weighted by molar-refractivity contribution is 6.35. The molecule has 2 nitrogen and oxygen atoms in total. The Morgan fingerprint density at radius 3 is 2.19 bits per heavy atom. The second-order valence-corrected chi connectivity index (χ2v) is 4.15. The summed E-state index contributed by atoms with van der Waals surface area (Å²) in [7, 11) is 0. The Hall–Kier alpha value is -1.09. The van der Waals surface area contributed by atoms with Gasteiger partial charge in [0.2, 0.25) is 0 Å². The van der Waals surface area contributed by atoms with Crippen LogP contribution in [0.1, 0.15) is 11.5 Å². The van der Waals surface area contributed by atoms with Crippen molar-refractivity contribution in [3.8, 4) is 0 Å². The van der Waals surface area contributed by atoms with Gasteiger partial charge in [-0.05, 0) is 17.0 Å². The van der Waals surface area contributed by atoms with Gasteiger partial charge in [-0.2, -0.15) is 0 Å². The van der Waals surface area contributed by atoms with Crippen LogP contribution in [0.3, 0.4) is 0 Å². The van der Waals surface area contributed by atoms with E-state index in [0.29, 0.717) is 5.02 Å². The predicted octanol–water partition coefficient (Wildman–Crippen LogP) is 2.56. The van der Waals surface area contributed by atoms with Crippen molar-refractivity contribution in [2.75, 3.05) is 13.2 Å². The van der Waals surface area contributed by atoms with E-state index in [2.05, 4.69) is 0 Å². The highest BCUT2D eigenvalue weighted by atomic mass is 35.5. The van der Waals surface area contributed by atoms with E-state index in [9.17, 15) is 10.2 Å². The molecule has 0 amide bonds. The maximum absolute atomic E-state index is 9.22. The summed E-state index contributed by atoms with van der Waals surface area (Å²) in [5.74, 6) is -0.248. The first-order valence-electron chi connectivity index (χ1n) is 5.16. The van der Waals surface area contributed by atoms with Crippen LogP contribution in [0, 0.1) is 0 Å². The lowest BCUT2D eigenvalue weighted by molar-refractivity contribution is 0.193. The smallest absolute Gasteiger partial charge is 0.0522 e. The van der Waals surface area contributed by atoms with Crippen molar-refractivity contribution >= 4 is 22.4 Å². The Morgan fingerprint density at radius 2 is 1.56 bits per heavy atom. The van der Waals surface area contributed by atoms with Crippen molar-refractivity contribution in [3.05, 3.63) is 47.0 Å². The van der Waals surface area contributed by atoms with E-state index in [1.54, 1.807) is 6.07 Å².